The zero-order chi connectivity index (χ0) is 11.8. The molecular formula is C13H16N2O2. The molecule has 1 saturated heterocycles. The third-order valence-electron chi connectivity index (χ3n) is 3.44. The van der Waals surface area contributed by atoms with Gasteiger partial charge in [-0.1, -0.05) is 24.3 Å². The van der Waals surface area contributed by atoms with Crippen LogP contribution >= 0.6 is 0 Å². The molecule has 17 heavy (non-hydrogen) atoms. The highest BCUT2D eigenvalue weighted by Crippen LogP contribution is 2.29. The van der Waals surface area contributed by atoms with Gasteiger partial charge in [0.2, 0.25) is 0 Å². The van der Waals surface area contributed by atoms with Crippen molar-refractivity contribution in [2.45, 2.75) is 18.6 Å². The fourth-order valence-electron chi connectivity index (χ4n) is 2.46. The van der Waals surface area contributed by atoms with E-state index in [9.17, 15) is 4.79 Å². The summed E-state index contributed by atoms with van der Waals surface area (Å²) in [6, 6.07) is 8.15. The van der Waals surface area contributed by atoms with Crippen LogP contribution in [-0.4, -0.2) is 36.5 Å². The van der Waals surface area contributed by atoms with E-state index in [1.807, 2.05) is 18.2 Å². The van der Waals surface area contributed by atoms with E-state index in [0.717, 1.165) is 12.0 Å². The summed E-state index contributed by atoms with van der Waals surface area (Å²) >= 11 is 0. The summed E-state index contributed by atoms with van der Waals surface area (Å²) in [5.74, 6) is 0.0545. The van der Waals surface area contributed by atoms with E-state index >= 15 is 0 Å². The summed E-state index contributed by atoms with van der Waals surface area (Å²) in [7, 11) is 0. The fourth-order valence-corrected chi connectivity index (χ4v) is 2.46. The van der Waals surface area contributed by atoms with Crippen LogP contribution < -0.4 is 5.73 Å². The van der Waals surface area contributed by atoms with E-state index in [1.165, 1.54) is 5.56 Å². The van der Waals surface area contributed by atoms with Crippen LogP contribution in [0, 0.1) is 0 Å². The van der Waals surface area contributed by atoms with E-state index < -0.39 is 6.10 Å². The summed E-state index contributed by atoms with van der Waals surface area (Å²) in [6.45, 7) is 1.93. The maximum atomic E-state index is 12.2. The number of ether oxygens (including phenoxy) is 1. The molecule has 4 nitrogen and oxygen atoms in total. The number of amides is 1. The van der Waals surface area contributed by atoms with Crippen molar-refractivity contribution in [2.24, 2.45) is 5.73 Å². The Balaban J connectivity index is 1.83. The molecule has 2 N–H and O–H groups in total. The minimum atomic E-state index is -0.424. The molecule has 1 fully saturated rings. The molecule has 0 radical (unpaired) electrons. The molecule has 0 bridgehead atoms. The minimum absolute atomic E-state index is 0.0545. The zero-order valence-corrected chi connectivity index (χ0v) is 9.63. The molecule has 1 atom stereocenters. The summed E-state index contributed by atoms with van der Waals surface area (Å²) in [6.07, 6.45) is 0.465. The Bertz CT molecular complexity index is 441. The molecule has 0 saturated carbocycles. The lowest BCUT2D eigenvalue weighted by atomic mass is 9.96. The van der Waals surface area contributed by atoms with Crippen LogP contribution in [0.1, 0.15) is 17.2 Å². The van der Waals surface area contributed by atoms with Crippen LogP contribution in [0.4, 0.5) is 0 Å². The SMILES string of the molecule is NC1CN(C(=O)C2OCCc3ccccc32)C1. The molecular weight excluding hydrogens is 216 g/mol. The van der Waals surface area contributed by atoms with E-state index in [0.29, 0.717) is 19.7 Å². The number of fused-ring (bicyclic) bond motifs is 1. The van der Waals surface area contributed by atoms with Gasteiger partial charge in [0.15, 0.2) is 6.10 Å². The predicted molar refractivity (Wildman–Crippen MR) is 63.4 cm³/mol. The van der Waals surface area contributed by atoms with Gasteiger partial charge in [0.1, 0.15) is 0 Å². The van der Waals surface area contributed by atoms with Crippen molar-refractivity contribution in [2.75, 3.05) is 19.7 Å². The molecule has 3 rings (SSSR count). The van der Waals surface area contributed by atoms with Gasteiger partial charge in [-0.3, -0.25) is 4.79 Å². The fraction of sp³-hybridized carbons (Fsp3) is 0.462. The van der Waals surface area contributed by atoms with Crippen LogP contribution in [0.25, 0.3) is 0 Å². The number of nitrogens with two attached hydrogens (primary N) is 1. The maximum Gasteiger partial charge on any atom is 0.256 e. The predicted octanol–water partition coefficient (Wildman–Crippen LogP) is 0.470. The van der Waals surface area contributed by atoms with Gasteiger partial charge in [-0.05, 0) is 17.5 Å². The molecule has 0 aromatic heterocycles. The molecule has 90 valence electrons. The van der Waals surface area contributed by atoms with E-state index in [4.69, 9.17) is 10.5 Å². The second-order valence-electron chi connectivity index (χ2n) is 4.70. The third kappa shape index (κ3) is 1.83. The Hall–Kier alpha value is -1.39. The molecule has 2 aliphatic heterocycles. The Morgan fingerprint density at radius 2 is 2.12 bits per heavy atom. The number of carbonyl (C=O) groups is 1. The maximum absolute atomic E-state index is 12.2. The van der Waals surface area contributed by atoms with Crippen LogP contribution in [0.15, 0.2) is 24.3 Å². The number of nitrogens with zero attached hydrogens (tertiary/aromatic N) is 1. The first-order valence-corrected chi connectivity index (χ1v) is 5.99. The second-order valence-corrected chi connectivity index (χ2v) is 4.70. The molecule has 4 heteroatoms. The van der Waals surface area contributed by atoms with Gasteiger partial charge in [0.25, 0.3) is 5.91 Å². The summed E-state index contributed by atoms with van der Waals surface area (Å²) in [5, 5.41) is 0. The highest BCUT2D eigenvalue weighted by Gasteiger charge is 2.35. The van der Waals surface area contributed by atoms with Crippen molar-refractivity contribution in [1.82, 2.24) is 4.90 Å². The van der Waals surface area contributed by atoms with Crippen molar-refractivity contribution < 1.29 is 9.53 Å². The minimum Gasteiger partial charge on any atom is -0.363 e. The molecule has 0 spiro atoms. The van der Waals surface area contributed by atoms with Gasteiger partial charge in [0.05, 0.1) is 6.61 Å². The smallest absolute Gasteiger partial charge is 0.256 e. The Kier molecular flexibility index (Phi) is 2.61. The average Bonchev–Trinajstić information content (AvgIpc) is 2.33. The highest BCUT2D eigenvalue weighted by molar-refractivity contribution is 5.83. The standard InChI is InChI=1S/C13H16N2O2/c14-10-7-15(8-10)13(16)12-11-4-2-1-3-9(11)5-6-17-12/h1-4,10,12H,5-8,14H2. The lowest BCUT2D eigenvalue weighted by Crippen LogP contribution is -2.59. The van der Waals surface area contributed by atoms with Gasteiger partial charge >= 0.3 is 0 Å². The Labute approximate surface area is 100 Å². The molecule has 1 aromatic rings. The summed E-state index contributed by atoms with van der Waals surface area (Å²) in [5.41, 5.74) is 7.94. The second kappa shape index (κ2) is 4.13. The number of rotatable bonds is 1. The normalized spacial score (nSPS) is 24.1. The zero-order valence-electron chi connectivity index (χ0n) is 9.63. The van der Waals surface area contributed by atoms with Crippen LogP contribution in [0.5, 0.6) is 0 Å². The summed E-state index contributed by atoms with van der Waals surface area (Å²) in [4.78, 5) is 14.0. The number of likely N-dealkylation sites (tertiary alicyclic amines) is 1. The number of hydrogen-bond acceptors (Lipinski definition) is 3. The van der Waals surface area contributed by atoms with Gasteiger partial charge in [0, 0.05) is 19.1 Å². The topological polar surface area (TPSA) is 55.6 Å². The first-order chi connectivity index (χ1) is 8.25. The van der Waals surface area contributed by atoms with Crippen molar-refractivity contribution in [3.8, 4) is 0 Å². The third-order valence-corrected chi connectivity index (χ3v) is 3.44. The first kappa shape index (κ1) is 10.7. The quantitative estimate of drug-likeness (QED) is 0.765. The molecule has 0 aliphatic carbocycles. The highest BCUT2D eigenvalue weighted by atomic mass is 16.5. The largest absolute Gasteiger partial charge is 0.363 e. The number of carbonyl (C=O) groups excluding carboxylic acids is 1. The van der Waals surface area contributed by atoms with Crippen molar-refractivity contribution in [3.05, 3.63) is 35.4 Å². The van der Waals surface area contributed by atoms with Gasteiger partial charge in [-0.2, -0.15) is 0 Å². The average molecular weight is 232 g/mol. The molecule has 2 heterocycles. The molecule has 1 unspecified atom stereocenters. The Morgan fingerprint density at radius 1 is 1.35 bits per heavy atom. The van der Waals surface area contributed by atoms with E-state index in [-0.39, 0.29) is 11.9 Å². The van der Waals surface area contributed by atoms with Gasteiger partial charge < -0.3 is 15.4 Å². The van der Waals surface area contributed by atoms with E-state index in [1.54, 1.807) is 4.90 Å². The van der Waals surface area contributed by atoms with E-state index in [2.05, 4.69) is 6.07 Å². The monoisotopic (exact) mass is 232 g/mol. The van der Waals surface area contributed by atoms with Crippen LogP contribution in [-0.2, 0) is 16.0 Å². The lowest BCUT2D eigenvalue weighted by molar-refractivity contribution is -0.149. The van der Waals surface area contributed by atoms with Crippen molar-refractivity contribution >= 4 is 5.91 Å². The van der Waals surface area contributed by atoms with Gasteiger partial charge in [-0.25, -0.2) is 0 Å². The van der Waals surface area contributed by atoms with Crippen molar-refractivity contribution in [3.63, 3.8) is 0 Å². The lowest BCUT2D eigenvalue weighted by Gasteiger charge is -2.39. The number of benzene rings is 1. The molecule has 1 aromatic carbocycles. The summed E-state index contributed by atoms with van der Waals surface area (Å²) < 4.78 is 5.63. The first-order valence-electron chi connectivity index (χ1n) is 5.99. The molecule has 1 amide bonds. The van der Waals surface area contributed by atoms with Crippen LogP contribution in [0.3, 0.4) is 0 Å². The van der Waals surface area contributed by atoms with Crippen LogP contribution in [0.2, 0.25) is 0 Å². The Morgan fingerprint density at radius 3 is 2.88 bits per heavy atom. The van der Waals surface area contributed by atoms with Gasteiger partial charge in [-0.15, -0.1) is 0 Å². The van der Waals surface area contributed by atoms with Crippen molar-refractivity contribution in [1.29, 1.82) is 0 Å². The number of hydrogen-bond donors (Lipinski definition) is 1. The molecule has 2 aliphatic rings.